The monoisotopic (exact) mass is 251 g/mol. The molecule has 0 radical (unpaired) electrons. The van der Waals surface area contributed by atoms with Gasteiger partial charge in [0, 0.05) is 49.3 Å². The van der Waals surface area contributed by atoms with Gasteiger partial charge in [0.05, 0.1) is 5.69 Å². The molecule has 1 heterocycles. The molecule has 1 aliphatic carbocycles. The molecule has 1 aromatic rings. The molecule has 0 aliphatic heterocycles. The van der Waals surface area contributed by atoms with Crippen LogP contribution >= 0.6 is 0 Å². The van der Waals surface area contributed by atoms with E-state index >= 15 is 0 Å². The molecule has 4 nitrogen and oxygen atoms in total. The molecular formula is C14H25N3O. The van der Waals surface area contributed by atoms with Gasteiger partial charge in [-0.25, -0.2) is 0 Å². The number of rotatable bonds is 5. The van der Waals surface area contributed by atoms with Crippen molar-refractivity contribution in [2.45, 2.75) is 45.6 Å². The summed E-state index contributed by atoms with van der Waals surface area (Å²) in [7, 11) is 1.97. The molecular weight excluding hydrogens is 226 g/mol. The fourth-order valence-electron chi connectivity index (χ4n) is 2.33. The molecule has 0 unspecified atom stereocenters. The number of nitrogens with one attached hydrogen (secondary N) is 1. The number of aromatic nitrogens is 2. The first-order chi connectivity index (χ1) is 8.36. The summed E-state index contributed by atoms with van der Waals surface area (Å²) in [5.41, 5.74) is 2.67. The highest BCUT2D eigenvalue weighted by molar-refractivity contribution is 5.23. The van der Waals surface area contributed by atoms with E-state index in [1.165, 1.54) is 5.56 Å². The summed E-state index contributed by atoms with van der Waals surface area (Å²) in [6, 6.07) is 0. The molecule has 1 fully saturated rings. The zero-order valence-corrected chi connectivity index (χ0v) is 12.0. The molecule has 2 rings (SSSR count). The fraction of sp³-hybridized carbons (Fsp3) is 0.786. The molecule has 102 valence electrons. The van der Waals surface area contributed by atoms with Crippen LogP contribution in [0.15, 0.2) is 6.20 Å². The number of hydrogen-bond donors (Lipinski definition) is 2. The summed E-state index contributed by atoms with van der Waals surface area (Å²) in [6.45, 7) is 8.61. The van der Waals surface area contributed by atoms with Gasteiger partial charge in [-0.15, -0.1) is 0 Å². The molecule has 0 atom stereocenters. The SMILES string of the molecule is Cn1cc(CNCC2(CO)CC2)c(C(C)(C)C)n1. The van der Waals surface area contributed by atoms with E-state index in [1.54, 1.807) is 0 Å². The Morgan fingerprint density at radius 3 is 2.61 bits per heavy atom. The Balaban J connectivity index is 1.97. The highest BCUT2D eigenvalue weighted by atomic mass is 16.3. The molecule has 18 heavy (non-hydrogen) atoms. The van der Waals surface area contributed by atoms with Crippen molar-refractivity contribution in [3.8, 4) is 0 Å². The third kappa shape index (κ3) is 2.93. The quantitative estimate of drug-likeness (QED) is 0.835. The molecule has 0 spiro atoms. The van der Waals surface area contributed by atoms with Gasteiger partial charge in [0.1, 0.15) is 0 Å². The molecule has 0 bridgehead atoms. The lowest BCUT2D eigenvalue weighted by Crippen LogP contribution is -2.27. The minimum atomic E-state index is 0.0759. The van der Waals surface area contributed by atoms with Gasteiger partial charge in [-0.2, -0.15) is 5.10 Å². The summed E-state index contributed by atoms with van der Waals surface area (Å²) in [5.74, 6) is 0. The van der Waals surface area contributed by atoms with E-state index in [0.29, 0.717) is 6.61 Å². The summed E-state index contributed by atoms with van der Waals surface area (Å²) in [4.78, 5) is 0. The number of hydrogen-bond acceptors (Lipinski definition) is 3. The van der Waals surface area contributed by atoms with E-state index in [-0.39, 0.29) is 10.8 Å². The van der Waals surface area contributed by atoms with Gasteiger partial charge in [-0.1, -0.05) is 20.8 Å². The summed E-state index contributed by atoms with van der Waals surface area (Å²) < 4.78 is 1.89. The molecule has 2 N–H and O–H groups in total. The van der Waals surface area contributed by atoms with Crippen LogP contribution in [0.25, 0.3) is 0 Å². The zero-order valence-electron chi connectivity index (χ0n) is 12.0. The van der Waals surface area contributed by atoms with E-state index in [0.717, 1.165) is 31.6 Å². The third-order valence-electron chi connectivity index (χ3n) is 3.72. The molecule has 1 saturated carbocycles. The van der Waals surface area contributed by atoms with E-state index in [4.69, 9.17) is 0 Å². The first-order valence-corrected chi connectivity index (χ1v) is 6.71. The molecule has 1 aliphatic rings. The van der Waals surface area contributed by atoms with Crippen molar-refractivity contribution in [1.29, 1.82) is 0 Å². The minimum absolute atomic E-state index is 0.0759. The van der Waals surface area contributed by atoms with Gasteiger partial charge in [0.2, 0.25) is 0 Å². The van der Waals surface area contributed by atoms with Gasteiger partial charge in [0.15, 0.2) is 0 Å². The number of aliphatic hydroxyl groups is 1. The normalized spacial score (nSPS) is 18.1. The van der Waals surface area contributed by atoms with E-state index in [2.05, 4.69) is 37.4 Å². The maximum absolute atomic E-state index is 9.29. The number of nitrogens with zero attached hydrogens (tertiary/aromatic N) is 2. The van der Waals surface area contributed by atoms with Crippen molar-refractivity contribution >= 4 is 0 Å². The van der Waals surface area contributed by atoms with E-state index in [9.17, 15) is 5.11 Å². The maximum Gasteiger partial charge on any atom is 0.0722 e. The van der Waals surface area contributed by atoms with Crippen LogP contribution < -0.4 is 5.32 Å². The Labute approximate surface area is 109 Å². The van der Waals surface area contributed by atoms with Crippen LogP contribution in [0.4, 0.5) is 0 Å². The lowest BCUT2D eigenvalue weighted by atomic mass is 9.89. The standard InChI is InChI=1S/C14H25N3O/c1-13(2,3)12-11(8-17(4)16-12)7-15-9-14(10-18)5-6-14/h8,15,18H,5-7,9-10H2,1-4H3. The van der Waals surface area contributed by atoms with Crippen LogP contribution in [0.5, 0.6) is 0 Å². The Morgan fingerprint density at radius 1 is 1.44 bits per heavy atom. The second-order valence-corrected chi connectivity index (χ2v) is 6.69. The fourth-order valence-corrected chi connectivity index (χ4v) is 2.33. The summed E-state index contributed by atoms with van der Waals surface area (Å²) >= 11 is 0. The van der Waals surface area contributed by atoms with Crippen molar-refractivity contribution in [3.05, 3.63) is 17.5 Å². The maximum atomic E-state index is 9.29. The number of aliphatic hydroxyl groups excluding tert-OH is 1. The Hall–Kier alpha value is -0.870. The third-order valence-corrected chi connectivity index (χ3v) is 3.72. The predicted octanol–water partition coefficient (Wildman–Crippen LogP) is 1.58. The first-order valence-electron chi connectivity index (χ1n) is 6.71. The van der Waals surface area contributed by atoms with Crippen LogP contribution in [-0.2, 0) is 19.0 Å². The minimum Gasteiger partial charge on any atom is -0.396 e. The molecule has 4 heteroatoms. The predicted molar refractivity (Wildman–Crippen MR) is 72.4 cm³/mol. The van der Waals surface area contributed by atoms with Crippen LogP contribution in [0.2, 0.25) is 0 Å². The Kier molecular flexibility index (Phi) is 3.52. The number of aryl methyl sites for hydroxylation is 1. The van der Waals surface area contributed by atoms with Crippen LogP contribution in [0.1, 0.15) is 44.9 Å². The average Bonchev–Trinajstić information content (AvgIpc) is 2.95. The topological polar surface area (TPSA) is 50.1 Å². The average molecular weight is 251 g/mol. The summed E-state index contributed by atoms with van der Waals surface area (Å²) in [5, 5.41) is 17.3. The zero-order chi connectivity index (χ0) is 13.4. The lowest BCUT2D eigenvalue weighted by molar-refractivity contribution is 0.207. The Bertz CT molecular complexity index is 413. The highest BCUT2D eigenvalue weighted by Crippen LogP contribution is 2.44. The molecule has 1 aromatic heterocycles. The highest BCUT2D eigenvalue weighted by Gasteiger charge is 2.41. The van der Waals surface area contributed by atoms with E-state index < -0.39 is 0 Å². The lowest BCUT2D eigenvalue weighted by Gasteiger charge is -2.18. The van der Waals surface area contributed by atoms with Crippen molar-refractivity contribution in [2.75, 3.05) is 13.2 Å². The van der Waals surface area contributed by atoms with Crippen LogP contribution in [-0.4, -0.2) is 28.0 Å². The van der Waals surface area contributed by atoms with Gasteiger partial charge in [-0.05, 0) is 12.8 Å². The van der Waals surface area contributed by atoms with Gasteiger partial charge in [0.25, 0.3) is 0 Å². The van der Waals surface area contributed by atoms with Gasteiger partial charge in [-0.3, -0.25) is 4.68 Å². The largest absolute Gasteiger partial charge is 0.396 e. The van der Waals surface area contributed by atoms with Crippen molar-refractivity contribution in [2.24, 2.45) is 12.5 Å². The van der Waals surface area contributed by atoms with Crippen molar-refractivity contribution < 1.29 is 5.11 Å². The van der Waals surface area contributed by atoms with Gasteiger partial charge >= 0.3 is 0 Å². The van der Waals surface area contributed by atoms with Crippen molar-refractivity contribution in [1.82, 2.24) is 15.1 Å². The van der Waals surface area contributed by atoms with Gasteiger partial charge < -0.3 is 10.4 Å². The first kappa shape index (κ1) is 13.6. The smallest absolute Gasteiger partial charge is 0.0722 e. The second-order valence-electron chi connectivity index (χ2n) is 6.69. The Morgan fingerprint density at radius 2 is 2.11 bits per heavy atom. The second kappa shape index (κ2) is 4.67. The summed E-state index contributed by atoms with van der Waals surface area (Å²) in [6.07, 6.45) is 4.39. The molecule has 0 amide bonds. The molecule has 0 aromatic carbocycles. The van der Waals surface area contributed by atoms with Crippen molar-refractivity contribution in [3.63, 3.8) is 0 Å². The van der Waals surface area contributed by atoms with Crippen LogP contribution in [0.3, 0.4) is 0 Å². The molecule has 0 saturated heterocycles. The van der Waals surface area contributed by atoms with E-state index in [1.807, 2.05) is 11.7 Å². The van der Waals surface area contributed by atoms with Crippen LogP contribution in [0, 0.1) is 5.41 Å².